The van der Waals surface area contributed by atoms with Crippen LogP contribution in [0.1, 0.15) is 39.5 Å². The molecule has 2 aromatic rings. The van der Waals surface area contributed by atoms with Gasteiger partial charge in [0, 0.05) is 0 Å². The fraction of sp³-hybridized carbons (Fsp3) is 0.400. The molecule has 0 atom stereocenters. The van der Waals surface area contributed by atoms with Crippen LogP contribution in [-0.4, -0.2) is 36.3 Å². The summed E-state index contributed by atoms with van der Waals surface area (Å²) in [6.45, 7) is 5.60. The van der Waals surface area contributed by atoms with Crippen LogP contribution in [0.5, 0.6) is 23.0 Å². The number of unbranched alkanes of at least 4 members (excludes halogenated alkanes) is 2. The van der Waals surface area contributed by atoms with Crippen LogP contribution in [0.4, 0.5) is 0 Å². The quantitative estimate of drug-likeness (QED) is 0.288. The van der Waals surface area contributed by atoms with Crippen molar-refractivity contribution in [1.29, 1.82) is 0 Å². The van der Waals surface area contributed by atoms with Gasteiger partial charge in [0.15, 0.2) is 0 Å². The molecule has 0 N–H and O–H groups in total. The number of benzene rings is 2. The van der Waals surface area contributed by atoms with Crippen molar-refractivity contribution in [3.8, 4) is 23.0 Å². The summed E-state index contributed by atoms with van der Waals surface area (Å²) in [5, 5.41) is 0. The molecule has 2 aromatic carbocycles. The molecule has 2 rings (SSSR count). The Bertz CT molecular complexity index is 572. The molecule has 150 valence electrons. The topological polar surface area (TPSA) is 60.0 Å². The molecule has 0 unspecified atom stereocenters. The molecule has 0 radical (unpaired) electrons. The van der Waals surface area contributed by atoms with E-state index >= 15 is 0 Å². The molecular formula is C20H26ClMgO5P. The van der Waals surface area contributed by atoms with Gasteiger partial charge in [0.05, 0.1) is 13.2 Å². The Hall–Kier alpha value is -0.914. The smallest absolute Gasteiger partial charge is 1.00 e. The third kappa shape index (κ3) is 10.6. The van der Waals surface area contributed by atoms with E-state index in [9.17, 15) is 4.89 Å². The van der Waals surface area contributed by atoms with Crippen molar-refractivity contribution in [2.24, 2.45) is 0 Å². The summed E-state index contributed by atoms with van der Waals surface area (Å²) < 4.78 is 21.8. The fourth-order valence-corrected chi connectivity index (χ4v) is 2.68. The maximum absolute atomic E-state index is 12.0. The van der Waals surface area contributed by atoms with E-state index < -0.39 is 8.60 Å². The molecule has 0 aliphatic heterocycles. The molecule has 5 nitrogen and oxygen atoms in total. The first-order valence-corrected chi connectivity index (χ1v) is 10.1. The van der Waals surface area contributed by atoms with Gasteiger partial charge >= 0.3 is 23.1 Å². The van der Waals surface area contributed by atoms with Crippen molar-refractivity contribution in [3.63, 3.8) is 0 Å². The predicted octanol–water partition coefficient (Wildman–Crippen LogP) is 1.71. The van der Waals surface area contributed by atoms with Crippen molar-refractivity contribution < 1.29 is 35.8 Å². The molecule has 0 aliphatic rings. The van der Waals surface area contributed by atoms with E-state index in [1.807, 2.05) is 0 Å². The molecule has 28 heavy (non-hydrogen) atoms. The fourth-order valence-electron chi connectivity index (χ4n) is 2.05. The van der Waals surface area contributed by atoms with E-state index in [0.717, 1.165) is 37.2 Å². The van der Waals surface area contributed by atoms with Crippen molar-refractivity contribution >= 4 is 31.7 Å². The summed E-state index contributed by atoms with van der Waals surface area (Å²) in [7, 11) is -2.31. The molecule has 0 aliphatic carbocycles. The molecule has 8 heteroatoms. The molecule has 0 bridgehead atoms. The van der Waals surface area contributed by atoms with E-state index in [-0.39, 0.29) is 35.5 Å². The zero-order valence-corrected chi connectivity index (χ0v) is 19.5. The van der Waals surface area contributed by atoms with Crippen LogP contribution < -0.4 is 35.8 Å². The Morgan fingerprint density at radius 2 is 1.00 bits per heavy atom. The first kappa shape index (κ1) is 27.1. The summed E-state index contributed by atoms with van der Waals surface area (Å²) >= 11 is 0. The molecule has 0 aromatic heterocycles. The number of rotatable bonds is 12. The molecule has 0 spiro atoms. The first-order valence-electron chi connectivity index (χ1n) is 9.00. The van der Waals surface area contributed by atoms with Crippen LogP contribution >= 0.6 is 8.60 Å². The Morgan fingerprint density at radius 3 is 1.32 bits per heavy atom. The summed E-state index contributed by atoms with van der Waals surface area (Å²) in [4.78, 5) is 12.0. The van der Waals surface area contributed by atoms with Crippen molar-refractivity contribution in [2.45, 2.75) is 39.5 Å². The minimum atomic E-state index is -2.31. The zero-order chi connectivity index (χ0) is 18.6. The number of halogens is 1. The molecule has 0 fully saturated rings. The normalized spacial score (nSPS) is 9.86. The minimum Gasteiger partial charge on any atom is -1.00 e. The van der Waals surface area contributed by atoms with Crippen LogP contribution in [0, 0.1) is 0 Å². The Labute approximate surface area is 191 Å². The molecular weight excluding hydrogens is 411 g/mol. The van der Waals surface area contributed by atoms with E-state index in [1.54, 1.807) is 48.5 Å². The average molecular weight is 437 g/mol. The summed E-state index contributed by atoms with van der Waals surface area (Å²) in [6.07, 6.45) is 4.20. The van der Waals surface area contributed by atoms with Gasteiger partial charge in [0.1, 0.15) is 23.0 Å². The third-order valence-electron chi connectivity index (χ3n) is 3.54. The van der Waals surface area contributed by atoms with Gasteiger partial charge in [-0.05, 0) is 61.4 Å². The van der Waals surface area contributed by atoms with Gasteiger partial charge in [-0.15, -0.1) is 0 Å². The van der Waals surface area contributed by atoms with Crippen LogP contribution in [0.25, 0.3) is 0 Å². The average Bonchev–Trinajstić information content (AvgIpc) is 2.65. The second kappa shape index (κ2) is 15.9. The van der Waals surface area contributed by atoms with Gasteiger partial charge < -0.3 is 35.8 Å². The SMILES string of the molecule is CCCCOc1ccc(OP([O-])Oc2ccc(OCCCC)cc2)cc1.[Cl-].[Mg+2]. The van der Waals surface area contributed by atoms with Crippen LogP contribution in [0.2, 0.25) is 0 Å². The summed E-state index contributed by atoms with van der Waals surface area (Å²) in [5.74, 6) is 2.46. The minimum absolute atomic E-state index is 0. The van der Waals surface area contributed by atoms with Crippen molar-refractivity contribution in [1.82, 2.24) is 0 Å². The standard InChI is InChI=1S/C20H26O5P.ClH.Mg/c1-3-5-15-22-17-7-11-19(12-8-17)24-26(21)25-20-13-9-18(10-14-20)23-16-6-4-2;;/h7-14H,3-6,15-16H2,1-2H3;1H;/q-1;;+2/p-1. The van der Waals surface area contributed by atoms with E-state index in [2.05, 4.69) is 13.8 Å². The Balaban J connectivity index is 0.00000364. The molecule has 0 amide bonds. The molecule has 0 saturated carbocycles. The Morgan fingerprint density at radius 1 is 0.679 bits per heavy atom. The van der Waals surface area contributed by atoms with Crippen molar-refractivity contribution in [2.75, 3.05) is 13.2 Å². The molecule has 0 heterocycles. The van der Waals surface area contributed by atoms with Gasteiger partial charge in [-0.3, -0.25) is 0 Å². The van der Waals surface area contributed by atoms with Gasteiger partial charge in [-0.25, -0.2) is 0 Å². The molecule has 0 saturated heterocycles. The van der Waals surface area contributed by atoms with Crippen LogP contribution in [-0.2, 0) is 0 Å². The monoisotopic (exact) mass is 436 g/mol. The van der Waals surface area contributed by atoms with Gasteiger partial charge in [0.25, 0.3) is 0 Å². The van der Waals surface area contributed by atoms with Gasteiger partial charge in [-0.2, -0.15) is 0 Å². The van der Waals surface area contributed by atoms with E-state index in [0.29, 0.717) is 24.7 Å². The second-order valence-corrected chi connectivity index (χ2v) is 6.57. The maximum atomic E-state index is 12.0. The van der Waals surface area contributed by atoms with E-state index in [4.69, 9.17) is 18.5 Å². The number of ether oxygens (including phenoxy) is 2. The predicted molar refractivity (Wildman–Crippen MR) is 108 cm³/mol. The zero-order valence-electron chi connectivity index (χ0n) is 16.4. The first-order chi connectivity index (χ1) is 12.7. The van der Waals surface area contributed by atoms with Crippen LogP contribution in [0.15, 0.2) is 48.5 Å². The van der Waals surface area contributed by atoms with E-state index in [1.165, 1.54) is 0 Å². The van der Waals surface area contributed by atoms with Gasteiger partial charge in [0.2, 0.25) is 8.60 Å². The third-order valence-corrected chi connectivity index (χ3v) is 4.26. The number of hydrogen-bond donors (Lipinski definition) is 0. The summed E-state index contributed by atoms with van der Waals surface area (Å²) in [5.41, 5.74) is 0. The maximum Gasteiger partial charge on any atom is 2.00 e. The van der Waals surface area contributed by atoms with Crippen LogP contribution in [0.3, 0.4) is 0 Å². The second-order valence-electron chi connectivity index (χ2n) is 5.75. The van der Waals surface area contributed by atoms with Gasteiger partial charge in [-0.1, -0.05) is 26.7 Å². The largest absolute Gasteiger partial charge is 2.00 e. The Kier molecular flexibility index (Phi) is 15.4. The summed E-state index contributed by atoms with van der Waals surface area (Å²) in [6, 6.07) is 14.0. The number of hydrogen-bond acceptors (Lipinski definition) is 5. The van der Waals surface area contributed by atoms with Crippen molar-refractivity contribution in [3.05, 3.63) is 48.5 Å².